The van der Waals surface area contributed by atoms with Gasteiger partial charge in [-0.1, -0.05) is 42.5 Å². The molecule has 2 fully saturated rings. The normalized spacial score (nSPS) is 31.8. The van der Waals surface area contributed by atoms with E-state index in [0.717, 1.165) is 17.7 Å². The smallest absolute Gasteiger partial charge is 0.230 e. The monoisotopic (exact) mass is 488 g/mol. The minimum Gasteiger partial charge on any atom is -0.504 e. The number of aliphatic hydroxyl groups is 1. The number of likely N-dealkylation sites (N-methyl/N-ethyl adjacent to an activating group) is 1. The molecular weight excluding hydrogens is 456 g/mol. The number of Topliss-reactive ketones (excluding diaryl/α,β-unsaturated/α-hetero) is 1. The number of carbonyl (C=O) groups excluding carboxylic acids is 2. The Bertz CT molecular complexity index is 1250. The fourth-order valence-electron chi connectivity index (χ4n) is 7.56. The Morgan fingerprint density at radius 1 is 1.22 bits per heavy atom. The van der Waals surface area contributed by atoms with Crippen LogP contribution in [0, 0.1) is 0 Å². The van der Waals surface area contributed by atoms with E-state index in [9.17, 15) is 19.8 Å². The van der Waals surface area contributed by atoms with Crippen LogP contribution in [0.4, 0.5) is 0 Å². The summed E-state index contributed by atoms with van der Waals surface area (Å²) in [6.45, 7) is 5.37. The molecular formula is C29H32N2O5. The zero-order valence-electron chi connectivity index (χ0n) is 20.5. The molecule has 7 heteroatoms. The molecule has 0 unspecified atom stereocenters. The van der Waals surface area contributed by atoms with Gasteiger partial charge in [0.2, 0.25) is 5.91 Å². The number of likely N-dealkylation sites (tertiary alicyclic amines) is 1. The van der Waals surface area contributed by atoms with Crippen LogP contribution < -0.4 is 4.74 Å². The second-order valence-corrected chi connectivity index (χ2v) is 10.7. The fraction of sp³-hybridized carbons (Fsp3) is 0.448. The number of aromatic hydroxyl groups is 1. The van der Waals surface area contributed by atoms with Crippen LogP contribution in [0.3, 0.4) is 0 Å². The first-order valence-electron chi connectivity index (χ1n) is 12.7. The highest BCUT2D eigenvalue weighted by molar-refractivity contribution is 6.07. The number of hydrogen-bond donors (Lipinski definition) is 2. The van der Waals surface area contributed by atoms with Crippen molar-refractivity contribution in [1.82, 2.24) is 9.80 Å². The highest BCUT2D eigenvalue weighted by Gasteiger charge is 2.73. The number of rotatable bonds is 6. The van der Waals surface area contributed by atoms with Crippen LogP contribution in [-0.4, -0.2) is 75.6 Å². The molecule has 2 bridgehead atoms. The second kappa shape index (κ2) is 8.18. The van der Waals surface area contributed by atoms with Crippen molar-refractivity contribution in [1.29, 1.82) is 0 Å². The lowest BCUT2D eigenvalue weighted by molar-refractivity contribution is -0.198. The first-order chi connectivity index (χ1) is 17.3. The van der Waals surface area contributed by atoms with E-state index in [1.165, 1.54) is 0 Å². The molecule has 36 heavy (non-hydrogen) atoms. The summed E-state index contributed by atoms with van der Waals surface area (Å²) in [7, 11) is 1.73. The lowest BCUT2D eigenvalue weighted by Crippen LogP contribution is -2.78. The van der Waals surface area contributed by atoms with Crippen LogP contribution >= 0.6 is 0 Å². The maximum absolute atomic E-state index is 13.3. The number of carbonyl (C=O) groups is 2. The van der Waals surface area contributed by atoms with Crippen molar-refractivity contribution in [2.75, 3.05) is 20.1 Å². The van der Waals surface area contributed by atoms with Crippen molar-refractivity contribution in [3.05, 3.63) is 71.8 Å². The third-order valence-electron chi connectivity index (χ3n) is 9.20. The molecule has 4 aliphatic rings. The Morgan fingerprint density at radius 3 is 2.75 bits per heavy atom. The van der Waals surface area contributed by atoms with E-state index in [1.54, 1.807) is 42.3 Å². The van der Waals surface area contributed by atoms with Crippen LogP contribution in [0.2, 0.25) is 0 Å². The molecule has 0 radical (unpaired) electrons. The van der Waals surface area contributed by atoms with Gasteiger partial charge in [0.25, 0.3) is 0 Å². The molecule has 2 aromatic carbocycles. The van der Waals surface area contributed by atoms with Gasteiger partial charge in [-0.3, -0.25) is 14.5 Å². The molecule has 1 saturated heterocycles. The van der Waals surface area contributed by atoms with E-state index in [0.29, 0.717) is 43.5 Å². The Kier molecular flexibility index (Phi) is 5.28. The van der Waals surface area contributed by atoms with Crippen LogP contribution in [0.25, 0.3) is 0 Å². The molecule has 1 amide bonds. The van der Waals surface area contributed by atoms with Gasteiger partial charge in [-0.15, -0.1) is 6.58 Å². The Balaban J connectivity index is 1.37. The third-order valence-corrected chi connectivity index (χ3v) is 9.20. The highest BCUT2D eigenvalue weighted by atomic mass is 16.5. The van der Waals surface area contributed by atoms with E-state index in [2.05, 4.69) is 11.5 Å². The van der Waals surface area contributed by atoms with Crippen molar-refractivity contribution in [2.45, 2.75) is 61.3 Å². The number of ketones is 1. The molecule has 2 heterocycles. The van der Waals surface area contributed by atoms with Crippen LogP contribution in [0.1, 0.15) is 47.2 Å². The maximum Gasteiger partial charge on any atom is 0.230 e. The molecule has 0 aromatic heterocycles. The number of nitrogens with zero attached hydrogens (tertiary/aromatic N) is 2. The van der Waals surface area contributed by atoms with Gasteiger partial charge in [0, 0.05) is 30.8 Å². The lowest BCUT2D eigenvalue weighted by Gasteiger charge is -2.64. The molecule has 2 N–H and O–H groups in total. The van der Waals surface area contributed by atoms with Gasteiger partial charge in [0.15, 0.2) is 17.3 Å². The maximum atomic E-state index is 13.3. The largest absolute Gasteiger partial charge is 0.504 e. The SMILES string of the molecule is C=CCN1CC[C@]23c4c5ccc(O)c4O[C@H]2[C@H](N(C)C(=O)CC(=O)c2ccccc2)CC[C@@]3(O)[C@H]1C5. The summed E-state index contributed by atoms with van der Waals surface area (Å²) in [6, 6.07) is 12.0. The predicted octanol–water partition coefficient (Wildman–Crippen LogP) is 2.83. The second-order valence-electron chi connectivity index (χ2n) is 10.7. The molecule has 1 saturated carbocycles. The number of phenolic OH excluding ortho intramolecular Hbond substituents is 1. The Morgan fingerprint density at radius 2 is 2.00 bits per heavy atom. The van der Waals surface area contributed by atoms with Gasteiger partial charge < -0.3 is 19.8 Å². The number of piperidine rings is 1. The summed E-state index contributed by atoms with van der Waals surface area (Å²) < 4.78 is 6.52. The Hall–Kier alpha value is -3.16. The minimum absolute atomic E-state index is 0.0684. The summed E-state index contributed by atoms with van der Waals surface area (Å²) in [5.41, 5.74) is 0.737. The average Bonchev–Trinajstić information content (AvgIpc) is 3.23. The molecule has 2 aromatic rings. The van der Waals surface area contributed by atoms with Crippen molar-refractivity contribution in [3.8, 4) is 11.5 Å². The quantitative estimate of drug-likeness (QED) is 0.369. The van der Waals surface area contributed by atoms with Gasteiger partial charge in [-0.05, 0) is 43.9 Å². The first kappa shape index (κ1) is 23.3. The summed E-state index contributed by atoms with van der Waals surface area (Å²) in [4.78, 5) is 30.0. The zero-order chi connectivity index (χ0) is 25.2. The predicted molar refractivity (Wildman–Crippen MR) is 134 cm³/mol. The molecule has 2 aliphatic heterocycles. The van der Waals surface area contributed by atoms with Crippen LogP contribution in [-0.2, 0) is 16.6 Å². The van der Waals surface area contributed by atoms with E-state index >= 15 is 0 Å². The van der Waals surface area contributed by atoms with Gasteiger partial charge in [-0.2, -0.15) is 0 Å². The summed E-state index contributed by atoms with van der Waals surface area (Å²) in [6.07, 6.45) is 3.54. The zero-order valence-corrected chi connectivity index (χ0v) is 20.5. The molecule has 188 valence electrons. The third kappa shape index (κ3) is 2.99. The average molecular weight is 489 g/mol. The van der Waals surface area contributed by atoms with E-state index in [-0.39, 0.29) is 35.9 Å². The molecule has 6 rings (SSSR count). The highest BCUT2D eigenvalue weighted by Crippen LogP contribution is 2.65. The number of hydrogen-bond acceptors (Lipinski definition) is 6. The van der Waals surface area contributed by atoms with E-state index < -0.39 is 17.1 Å². The standard InChI is InChI=1S/C29H32N2O5/c1-3-14-31-15-13-28-25-19-9-10-21(32)26(25)36-27(28)20(11-12-29(28,35)23(31)16-19)30(2)24(34)17-22(33)18-7-5-4-6-8-18/h3-10,20,23,27,32,35H,1,11-17H2,2H3/t20-,23-,27+,28+,29-/m1/s1. The van der Waals surface area contributed by atoms with Crippen LogP contribution in [0.15, 0.2) is 55.1 Å². The number of benzene rings is 2. The first-order valence-corrected chi connectivity index (χ1v) is 12.7. The molecule has 5 atom stereocenters. The van der Waals surface area contributed by atoms with Crippen molar-refractivity contribution in [2.24, 2.45) is 0 Å². The summed E-state index contributed by atoms with van der Waals surface area (Å²) in [5.74, 6) is 0.0265. The van der Waals surface area contributed by atoms with Gasteiger partial charge >= 0.3 is 0 Å². The van der Waals surface area contributed by atoms with Crippen LogP contribution in [0.5, 0.6) is 11.5 Å². The molecule has 2 aliphatic carbocycles. The topological polar surface area (TPSA) is 90.3 Å². The van der Waals surface area contributed by atoms with Crippen molar-refractivity contribution in [3.63, 3.8) is 0 Å². The van der Waals surface area contributed by atoms with Gasteiger partial charge in [0.1, 0.15) is 6.10 Å². The van der Waals surface area contributed by atoms with Crippen molar-refractivity contribution < 1.29 is 24.5 Å². The van der Waals surface area contributed by atoms with E-state index in [4.69, 9.17) is 4.74 Å². The fourth-order valence-corrected chi connectivity index (χ4v) is 7.56. The number of ether oxygens (including phenoxy) is 1. The number of amides is 1. The summed E-state index contributed by atoms with van der Waals surface area (Å²) >= 11 is 0. The molecule has 7 nitrogen and oxygen atoms in total. The van der Waals surface area contributed by atoms with Crippen molar-refractivity contribution >= 4 is 11.7 Å². The van der Waals surface area contributed by atoms with Gasteiger partial charge in [-0.25, -0.2) is 0 Å². The molecule has 1 spiro atoms. The summed E-state index contributed by atoms with van der Waals surface area (Å²) in [5, 5.41) is 23.2. The van der Waals surface area contributed by atoms with Gasteiger partial charge in [0.05, 0.1) is 23.5 Å². The number of phenols is 1. The Labute approximate surface area is 211 Å². The van der Waals surface area contributed by atoms with E-state index in [1.807, 2.05) is 18.2 Å². The minimum atomic E-state index is -1.05. The lowest BCUT2D eigenvalue weighted by atomic mass is 9.48.